The molecule has 0 aliphatic rings. The Morgan fingerprint density at radius 2 is 1.84 bits per heavy atom. The first-order valence-corrected chi connectivity index (χ1v) is 6.28. The third kappa shape index (κ3) is 2.56. The van der Waals surface area contributed by atoms with Gasteiger partial charge in [0.25, 0.3) is 5.91 Å². The van der Waals surface area contributed by atoms with Crippen LogP contribution in [0.5, 0.6) is 0 Å². The van der Waals surface area contributed by atoms with Gasteiger partial charge in [-0.15, -0.1) is 0 Å². The number of nitrogen functional groups attached to an aromatic ring is 1. The van der Waals surface area contributed by atoms with Crippen LogP contribution in [0.4, 0.5) is 11.4 Å². The van der Waals surface area contributed by atoms with Crippen LogP contribution in [0, 0.1) is 6.92 Å². The second kappa shape index (κ2) is 5.33. The van der Waals surface area contributed by atoms with Crippen LogP contribution < -0.4 is 10.6 Å². The molecule has 0 unspecified atom stereocenters. The van der Waals surface area contributed by atoms with E-state index in [4.69, 9.17) is 17.3 Å². The molecule has 2 aromatic rings. The van der Waals surface area contributed by atoms with Crippen LogP contribution in [0.3, 0.4) is 0 Å². The van der Waals surface area contributed by atoms with Crippen molar-refractivity contribution in [1.29, 1.82) is 0 Å². The zero-order chi connectivity index (χ0) is 14.0. The predicted octanol–water partition coefficient (Wildman–Crippen LogP) is 3.51. The maximum absolute atomic E-state index is 12.5. The fourth-order valence-corrected chi connectivity index (χ4v) is 2.10. The SMILES string of the molecule is Cc1cccc(C(=O)N(C)c2ccccc2N)c1Cl. The van der Waals surface area contributed by atoms with E-state index in [0.29, 0.717) is 22.0 Å². The zero-order valence-corrected chi connectivity index (χ0v) is 11.6. The van der Waals surface area contributed by atoms with Gasteiger partial charge in [0.2, 0.25) is 0 Å². The van der Waals surface area contributed by atoms with Crippen molar-refractivity contribution in [2.75, 3.05) is 17.7 Å². The Morgan fingerprint density at radius 3 is 2.53 bits per heavy atom. The first-order chi connectivity index (χ1) is 9.02. The van der Waals surface area contributed by atoms with E-state index in [1.54, 1.807) is 25.2 Å². The fraction of sp³-hybridized carbons (Fsp3) is 0.133. The highest BCUT2D eigenvalue weighted by molar-refractivity contribution is 6.35. The summed E-state index contributed by atoms with van der Waals surface area (Å²) in [6.45, 7) is 1.87. The molecule has 1 amide bonds. The first kappa shape index (κ1) is 13.4. The van der Waals surface area contributed by atoms with E-state index in [1.807, 2.05) is 31.2 Å². The van der Waals surface area contributed by atoms with E-state index >= 15 is 0 Å². The number of hydrogen-bond donors (Lipinski definition) is 1. The number of para-hydroxylation sites is 2. The summed E-state index contributed by atoms with van der Waals surface area (Å²) in [5.74, 6) is -0.174. The number of nitrogens with zero attached hydrogens (tertiary/aromatic N) is 1. The molecule has 0 aromatic heterocycles. The molecule has 0 spiro atoms. The molecule has 98 valence electrons. The minimum atomic E-state index is -0.174. The van der Waals surface area contributed by atoms with Crippen molar-refractivity contribution in [3.63, 3.8) is 0 Å². The summed E-state index contributed by atoms with van der Waals surface area (Å²) in [5, 5.41) is 0.480. The number of amides is 1. The molecule has 0 saturated heterocycles. The van der Waals surface area contributed by atoms with Crippen molar-refractivity contribution in [2.24, 2.45) is 0 Å². The van der Waals surface area contributed by atoms with Crippen molar-refractivity contribution in [1.82, 2.24) is 0 Å². The fourth-order valence-electron chi connectivity index (χ4n) is 1.90. The Hall–Kier alpha value is -2.00. The van der Waals surface area contributed by atoms with Crippen molar-refractivity contribution < 1.29 is 4.79 Å². The van der Waals surface area contributed by atoms with E-state index in [9.17, 15) is 4.79 Å². The van der Waals surface area contributed by atoms with Crippen LogP contribution in [0.15, 0.2) is 42.5 Å². The molecule has 2 aromatic carbocycles. The lowest BCUT2D eigenvalue weighted by Gasteiger charge is -2.20. The standard InChI is InChI=1S/C15H15ClN2O/c1-10-6-5-7-11(14(10)16)15(19)18(2)13-9-4-3-8-12(13)17/h3-9H,17H2,1-2H3. The summed E-state index contributed by atoms with van der Waals surface area (Å²) in [6.07, 6.45) is 0. The Morgan fingerprint density at radius 1 is 1.16 bits per heavy atom. The molecule has 0 fully saturated rings. The van der Waals surface area contributed by atoms with Crippen LogP contribution >= 0.6 is 11.6 Å². The summed E-state index contributed by atoms with van der Waals surface area (Å²) in [5.41, 5.74) is 8.46. The quantitative estimate of drug-likeness (QED) is 0.852. The Kier molecular flexibility index (Phi) is 3.76. The highest BCUT2D eigenvalue weighted by Gasteiger charge is 2.18. The minimum Gasteiger partial charge on any atom is -0.397 e. The van der Waals surface area contributed by atoms with Gasteiger partial charge in [-0.25, -0.2) is 0 Å². The third-order valence-corrected chi connectivity index (χ3v) is 3.53. The van der Waals surface area contributed by atoms with Gasteiger partial charge in [0.05, 0.1) is 22.0 Å². The van der Waals surface area contributed by atoms with E-state index < -0.39 is 0 Å². The maximum atomic E-state index is 12.5. The van der Waals surface area contributed by atoms with Gasteiger partial charge in [-0.05, 0) is 30.7 Å². The average molecular weight is 275 g/mol. The summed E-state index contributed by atoms with van der Waals surface area (Å²) in [7, 11) is 1.69. The van der Waals surface area contributed by atoms with Gasteiger partial charge in [-0.3, -0.25) is 4.79 Å². The number of anilines is 2. The smallest absolute Gasteiger partial charge is 0.259 e. The average Bonchev–Trinajstić information content (AvgIpc) is 2.41. The molecule has 0 aliphatic heterocycles. The Balaban J connectivity index is 2.40. The topological polar surface area (TPSA) is 46.3 Å². The van der Waals surface area contributed by atoms with Crippen LogP contribution in [0.2, 0.25) is 5.02 Å². The van der Waals surface area contributed by atoms with Gasteiger partial charge in [-0.2, -0.15) is 0 Å². The summed E-state index contributed by atoms with van der Waals surface area (Å²) in [6, 6.07) is 12.6. The number of halogens is 1. The first-order valence-electron chi connectivity index (χ1n) is 5.90. The largest absolute Gasteiger partial charge is 0.397 e. The lowest BCUT2D eigenvalue weighted by atomic mass is 10.1. The summed E-state index contributed by atoms with van der Waals surface area (Å²) in [4.78, 5) is 14.0. The predicted molar refractivity (Wildman–Crippen MR) is 79.8 cm³/mol. The summed E-state index contributed by atoms with van der Waals surface area (Å²) < 4.78 is 0. The number of carbonyl (C=O) groups excluding carboxylic acids is 1. The van der Waals surface area contributed by atoms with Crippen molar-refractivity contribution in [3.8, 4) is 0 Å². The number of rotatable bonds is 2. The van der Waals surface area contributed by atoms with Crippen LogP contribution in [0.25, 0.3) is 0 Å². The molecular formula is C15H15ClN2O. The van der Waals surface area contributed by atoms with Gasteiger partial charge < -0.3 is 10.6 Å². The zero-order valence-electron chi connectivity index (χ0n) is 10.9. The molecule has 0 saturated carbocycles. The number of hydrogen-bond acceptors (Lipinski definition) is 2. The molecule has 0 bridgehead atoms. The second-order valence-electron chi connectivity index (χ2n) is 4.36. The Bertz CT molecular complexity index is 625. The molecule has 0 heterocycles. The molecule has 2 rings (SSSR count). The maximum Gasteiger partial charge on any atom is 0.259 e. The molecule has 3 nitrogen and oxygen atoms in total. The molecule has 0 aliphatic carbocycles. The minimum absolute atomic E-state index is 0.174. The Labute approximate surface area is 117 Å². The normalized spacial score (nSPS) is 10.3. The molecular weight excluding hydrogens is 260 g/mol. The van der Waals surface area contributed by atoms with Gasteiger partial charge in [-0.1, -0.05) is 35.9 Å². The van der Waals surface area contributed by atoms with Crippen LogP contribution in [0.1, 0.15) is 15.9 Å². The lowest BCUT2D eigenvalue weighted by Crippen LogP contribution is -2.27. The van der Waals surface area contributed by atoms with Crippen molar-refractivity contribution in [2.45, 2.75) is 6.92 Å². The molecule has 19 heavy (non-hydrogen) atoms. The van der Waals surface area contributed by atoms with E-state index in [0.717, 1.165) is 5.56 Å². The molecule has 0 radical (unpaired) electrons. The van der Waals surface area contributed by atoms with E-state index in [2.05, 4.69) is 0 Å². The second-order valence-corrected chi connectivity index (χ2v) is 4.74. The van der Waals surface area contributed by atoms with Gasteiger partial charge in [0.15, 0.2) is 0 Å². The van der Waals surface area contributed by atoms with Crippen LogP contribution in [-0.2, 0) is 0 Å². The van der Waals surface area contributed by atoms with Gasteiger partial charge in [0.1, 0.15) is 0 Å². The summed E-state index contributed by atoms with van der Waals surface area (Å²) >= 11 is 6.18. The van der Waals surface area contributed by atoms with E-state index in [1.165, 1.54) is 4.90 Å². The lowest BCUT2D eigenvalue weighted by molar-refractivity contribution is 0.0993. The molecule has 4 heteroatoms. The highest BCUT2D eigenvalue weighted by atomic mass is 35.5. The number of nitrogens with two attached hydrogens (primary N) is 1. The van der Waals surface area contributed by atoms with Crippen molar-refractivity contribution >= 4 is 28.9 Å². The number of aryl methyl sites for hydroxylation is 1. The number of benzene rings is 2. The molecule has 0 atom stereocenters. The van der Waals surface area contributed by atoms with E-state index in [-0.39, 0.29) is 5.91 Å². The number of carbonyl (C=O) groups is 1. The van der Waals surface area contributed by atoms with Crippen molar-refractivity contribution in [3.05, 3.63) is 58.6 Å². The third-order valence-electron chi connectivity index (χ3n) is 3.02. The van der Waals surface area contributed by atoms with Gasteiger partial charge in [0, 0.05) is 7.05 Å². The van der Waals surface area contributed by atoms with Gasteiger partial charge >= 0.3 is 0 Å². The van der Waals surface area contributed by atoms with Crippen LogP contribution in [-0.4, -0.2) is 13.0 Å². The molecule has 2 N–H and O–H groups in total. The highest BCUT2D eigenvalue weighted by Crippen LogP contribution is 2.26. The monoisotopic (exact) mass is 274 g/mol.